The van der Waals surface area contributed by atoms with Crippen molar-refractivity contribution in [3.05, 3.63) is 182 Å². The fraction of sp³-hybridized carbons (Fsp3) is 0. The van der Waals surface area contributed by atoms with E-state index in [1.807, 2.05) is 0 Å². The SMILES string of the molecule is N#CC(=[As](c1ccccc1)(c1ccccc1)c1ccccc1)[As+](c1ccccc1)(c1ccccc1)c1ccccc1.[Br-]. The smallest absolute Gasteiger partial charge is 1.00 e. The van der Waals surface area contributed by atoms with Gasteiger partial charge < -0.3 is 17.0 Å². The van der Waals surface area contributed by atoms with Crippen molar-refractivity contribution in [2.45, 2.75) is 0 Å². The largest absolute Gasteiger partial charge is 1.00 e. The molecule has 6 aromatic rings. The average Bonchev–Trinajstić information content (AvgIpc) is 3.07. The van der Waals surface area contributed by atoms with Crippen molar-refractivity contribution < 1.29 is 17.0 Å². The van der Waals surface area contributed by atoms with Crippen LogP contribution in [0.5, 0.6) is 0 Å². The van der Waals surface area contributed by atoms with Gasteiger partial charge in [-0.15, -0.1) is 0 Å². The number of benzene rings is 6. The molecule has 6 aromatic carbocycles. The number of rotatable bonds is 7. The van der Waals surface area contributed by atoms with Gasteiger partial charge in [-0.25, -0.2) is 0 Å². The molecular weight excluding hydrogens is 700 g/mol. The number of hydrogen-bond acceptors (Lipinski definition) is 1. The van der Waals surface area contributed by atoms with Crippen LogP contribution in [0.1, 0.15) is 0 Å². The van der Waals surface area contributed by atoms with Crippen molar-refractivity contribution in [3.8, 4) is 6.07 Å². The van der Waals surface area contributed by atoms with Crippen LogP contribution in [0.25, 0.3) is 0 Å². The van der Waals surface area contributed by atoms with Gasteiger partial charge >= 0.3 is 249 Å². The van der Waals surface area contributed by atoms with Crippen molar-refractivity contribution in [1.82, 2.24) is 0 Å². The molecule has 0 unspecified atom stereocenters. The summed E-state index contributed by atoms with van der Waals surface area (Å²) in [6.07, 6.45) is 0. The second kappa shape index (κ2) is 13.5. The fourth-order valence-electron chi connectivity index (χ4n) is 5.91. The summed E-state index contributed by atoms with van der Waals surface area (Å²) in [4.78, 5) is 0. The Balaban J connectivity index is 0.00000353. The second-order valence-electron chi connectivity index (χ2n) is 9.79. The standard InChI is InChI=1S/C38H30As2N.BrH/c41-31-38(39(32-19-7-1-8-20-32,33-21-9-2-10-22-33)34-23-11-3-12-24-34)40(35-25-13-4-14-26-35,36-27-15-5-16-28-36)37-29-17-6-18-30-37;/h1-30H;1H/q+1;/p-1. The van der Waals surface area contributed by atoms with Crippen molar-refractivity contribution in [2.75, 3.05) is 0 Å². The molecule has 0 aliphatic rings. The van der Waals surface area contributed by atoms with Gasteiger partial charge in [0.2, 0.25) is 0 Å². The summed E-state index contributed by atoms with van der Waals surface area (Å²) in [7, 11) is 0. The van der Waals surface area contributed by atoms with Gasteiger partial charge in [0.05, 0.1) is 0 Å². The van der Waals surface area contributed by atoms with E-state index in [1.54, 1.807) is 0 Å². The van der Waals surface area contributed by atoms with E-state index in [4.69, 9.17) is 0 Å². The molecule has 0 saturated carbocycles. The molecule has 0 aliphatic carbocycles. The van der Waals surface area contributed by atoms with Gasteiger partial charge in [-0.1, -0.05) is 0 Å². The quantitative estimate of drug-likeness (QED) is 0.227. The van der Waals surface area contributed by atoms with Crippen LogP contribution in [0.2, 0.25) is 0 Å². The first-order chi connectivity index (χ1) is 20.3. The Morgan fingerprint density at radius 2 is 0.643 bits per heavy atom. The first-order valence-electron chi connectivity index (χ1n) is 13.7. The van der Waals surface area contributed by atoms with Crippen LogP contribution in [0.3, 0.4) is 0 Å². The number of nitriles is 1. The molecule has 0 bridgehead atoms. The normalized spacial score (nSPS) is 11.1. The summed E-state index contributed by atoms with van der Waals surface area (Å²) < 4.78 is 8.61. The molecule has 4 heteroatoms. The van der Waals surface area contributed by atoms with Gasteiger partial charge in [-0.3, -0.25) is 0 Å². The minimum atomic E-state index is -3.65. The van der Waals surface area contributed by atoms with Crippen LogP contribution in [-0.4, -0.2) is 29.8 Å². The Morgan fingerprint density at radius 3 is 0.881 bits per heavy atom. The summed E-state index contributed by atoms with van der Waals surface area (Å²) in [5.41, 5.74) is 0. The zero-order valence-electron chi connectivity index (χ0n) is 23.0. The topological polar surface area (TPSA) is 23.8 Å². The maximum Gasteiger partial charge on any atom is -1.00 e. The maximum atomic E-state index is 11.8. The first-order valence-corrected chi connectivity index (χ1v) is 21.2. The average molecular weight is 730 g/mol. The summed E-state index contributed by atoms with van der Waals surface area (Å²) in [6, 6.07) is 68.2. The minimum absolute atomic E-state index is 0. The first kappa shape index (κ1) is 29.8. The number of hydrogen-bond donors (Lipinski definition) is 0. The molecule has 6 rings (SSSR count). The van der Waals surface area contributed by atoms with E-state index < -0.39 is 26.7 Å². The Morgan fingerprint density at radius 1 is 0.405 bits per heavy atom. The van der Waals surface area contributed by atoms with E-state index in [2.05, 4.69) is 188 Å². The van der Waals surface area contributed by atoms with E-state index >= 15 is 0 Å². The van der Waals surface area contributed by atoms with E-state index in [0.29, 0.717) is 0 Å². The van der Waals surface area contributed by atoms with Crippen molar-refractivity contribution in [2.24, 2.45) is 0 Å². The molecule has 0 spiro atoms. The van der Waals surface area contributed by atoms with Crippen LogP contribution < -0.4 is 43.1 Å². The molecule has 0 aliphatic heterocycles. The van der Waals surface area contributed by atoms with Crippen LogP contribution in [0.15, 0.2) is 182 Å². The monoisotopic (exact) mass is 729 g/mol. The van der Waals surface area contributed by atoms with E-state index in [0.717, 1.165) is 3.09 Å². The number of halogens is 1. The summed E-state index contributed by atoms with van der Waals surface area (Å²) in [6.45, 7) is 0. The Bertz CT molecular complexity index is 1620. The summed E-state index contributed by atoms with van der Waals surface area (Å²) in [5, 5.41) is 11.8. The summed E-state index contributed by atoms with van der Waals surface area (Å²) in [5.74, 6) is 0. The molecule has 0 N–H and O–H groups in total. The van der Waals surface area contributed by atoms with E-state index in [-0.39, 0.29) is 17.0 Å². The minimum Gasteiger partial charge on any atom is -1.00 e. The van der Waals surface area contributed by atoms with Gasteiger partial charge in [0.25, 0.3) is 0 Å². The Hall–Kier alpha value is -3.72. The molecule has 42 heavy (non-hydrogen) atoms. The second-order valence-corrected chi connectivity index (χ2v) is 25.5. The Kier molecular flexibility index (Phi) is 9.57. The van der Waals surface area contributed by atoms with Gasteiger partial charge in [0.15, 0.2) is 0 Å². The van der Waals surface area contributed by atoms with Crippen molar-refractivity contribution in [1.29, 1.82) is 5.26 Å². The molecule has 0 fully saturated rings. The van der Waals surface area contributed by atoms with Gasteiger partial charge in [0.1, 0.15) is 0 Å². The van der Waals surface area contributed by atoms with Crippen molar-refractivity contribution >= 4 is 55.9 Å². The molecule has 0 heterocycles. The van der Waals surface area contributed by atoms with Crippen LogP contribution in [0.4, 0.5) is 0 Å². The maximum absolute atomic E-state index is 11.8. The molecule has 0 radical (unpaired) electrons. The van der Waals surface area contributed by atoms with E-state index in [9.17, 15) is 5.26 Å². The van der Waals surface area contributed by atoms with Crippen LogP contribution >= 0.6 is 0 Å². The molecule has 0 atom stereocenters. The van der Waals surface area contributed by atoms with Gasteiger partial charge in [-0.05, 0) is 0 Å². The fourth-order valence-corrected chi connectivity index (χ4v) is 34.6. The van der Waals surface area contributed by atoms with Gasteiger partial charge in [-0.2, -0.15) is 0 Å². The molecular formula is C38H30As2BrN. The predicted molar refractivity (Wildman–Crippen MR) is 179 cm³/mol. The molecule has 0 amide bonds. The number of nitrogens with zero attached hydrogens (tertiary/aromatic N) is 1. The summed E-state index contributed by atoms with van der Waals surface area (Å²) >= 11 is -7.29. The molecule has 0 aromatic heterocycles. The third kappa shape index (κ3) is 5.08. The third-order valence-electron chi connectivity index (χ3n) is 7.60. The predicted octanol–water partition coefficient (Wildman–Crippen LogP) is 1.15. The zero-order chi connectivity index (χ0) is 28.0. The van der Waals surface area contributed by atoms with Crippen LogP contribution in [-0.2, 0) is 0 Å². The molecule has 0 saturated heterocycles. The Labute approximate surface area is 264 Å². The molecule has 204 valence electrons. The van der Waals surface area contributed by atoms with E-state index in [1.165, 1.54) is 26.1 Å². The van der Waals surface area contributed by atoms with Crippen molar-refractivity contribution in [3.63, 3.8) is 0 Å². The zero-order valence-corrected chi connectivity index (χ0v) is 28.4. The van der Waals surface area contributed by atoms with Crippen LogP contribution in [0, 0.1) is 11.3 Å². The molecule has 1 nitrogen and oxygen atoms in total. The van der Waals surface area contributed by atoms with Gasteiger partial charge in [0, 0.05) is 0 Å². The third-order valence-corrected chi connectivity index (χ3v) is 30.7.